The number of thiocarbonyl (C=S) groups is 1. The zero-order valence-electron chi connectivity index (χ0n) is 14.0. The maximum absolute atomic E-state index is 12.3. The Morgan fingerprint density at radius 2 is 1.78 bits per heavy atom. The van der Waals surface area contributed by atoms with Crippen LogP contribution in [0.2, 0.25) is 0 Å². The molecule has 1 rings (SSSR count). The molecule has 0 aromatic heterocycles. The molecule has 1 amide bonds. The first kappa shape index (κ1) is 19.4. The van der Waals surface area contributed by atoms with E-state index in [9.17, 15) is 9.90 Å². The van der Waals surface area contributed by atoms with Gasteiger partial charge >= 0.3 is 0 Å². The van der Waals surface area contributed by atoms with Crippen LogP contribution in [0, 0.1) is 11.8 Å². The van der Waals surface area contributed by atoms with E-state index in [1.165, 1.54) is 0 Å². The highest BCUT2D eigenvalue weighted by atomic mass is 32.1. The number of aliphatic hydroxyl groups is 1. The van der Waals surface area contributed by atoms with Crippen LogP contribution in [0.4, 0.5) is 5.69 Å². The summed E-state index contributed by atoms with van der Waals surface area (Å²) in [5.41, 5.74) is 6.19. The SMILES string of the molecule is CC(C)CC[C@@H](C[C@H](C)O)C(=O)NNC(=S)Nc1ccccc1. The van der Waals surface area contributed by atoms with Crippen molar-refractivity contribution in [3.8, 4) is 0 Å². The fraction of sp³-hybridized carbons (Fsp3) is 0.529. The molecule has 0 aliphatic heterocycles. The number of hydrogen-bond acceptors (Lipinski definition) is 3. The van der Waals surface area contributed by atoms with Gasteiger partial charge in [0.05, 0.1) is 6.10 Å². The highest BCUT2D eigenvalue weighted by Gasteiger charge is 2.20. The van der Waals surface area contributed by atoms with Crippen LogP contribution in [0.15, 0.2) is 30.3 Å². The van der Waals surface area contributed by atoms with Crippen molar-refractivity contribution in [2.45, 2.75) is 46.1 Å². The summed E-state index contributed by atoms with van der Waals surface area (Å²) in [6.45, 7) is 5.94. The topological polar surface area (TPSA) is 73.4 Å². The lowest BCUT2D eigenvalue weighted by Gasteiger charge is -2.20. The van der Waals surface area contributed by atoms with Crippen LogP contribution in [0.5, 0.6) is 0 Å². The van der Waals surface area contributed by atoms with Crippen LogP contribution in [0.1, 0.15) is 40.0 Å². The fourth-order valence-corrected chi connectivity index (χ4v) is 2.38. The number of para-hydroxylation sites is 1. The molecule has 5 nitrogen and oxygen atoms in total. The number of carbonyl (C=O) groups excluding carboxylic acids is 1. The number of benzene rings is 1. The molecule has 0 heterocycles. The van der Waals surface area contributed by atoms with Gasteiger partial charge < -0.3 is 10.4 Å². The fourth-order valence-electron chi connectivity index (χ4n) is 2.21. The zero-order valence-corrected chi connectivity index (χ0v) is 14.8. The summed E-state index contributed by atoms with van der Waals surface area (Å²) < 4.78 is 0. The Morgan fingerprint density at radius 1 is 1.13 bits per heavy atom. The van der Waals surface area contributed by atoms with Gasteiger partial charge in [0.1, 0.15) is 0 Å². The summed E-state index contributed by atoms with van der Waals surface area (Å²) in [5.74, 6) is 0.140. The zero-order chi connectivity index (χ0) is 17.2. The van der Waals surface area contributed by atoms with Crippen molar-refractivity contribution in [3.05, 3.63) is 30.3 Å². The van der Waals surface area contributed by atoms with Gasteiger partial charge in [-0.05, 0) is 50.0 Å². The van der Waals surface area contributed by atoms with Crippen LogP contribution < -0.4 is 16.2 Å². The molecule has 6 heteroatoms. The summed E-state index contributed by atoms with van der Waals surface area (Å²) in [7, 11) is 0. The van der Waals surface area contributed by atoms with E-state index in [0.29, 0.717) is 17.5 Å². The third kappa shape index (κ3) is 8.52. The number of rotatable bonds is 7. The van der Waals surface area contributed by atoms with Gasteiger partial charge in [0, 0.05) is 11.6 Å². The van der Waals surface area contributed by atoms with Crippen molar-refractivity contribution in [2.24, 2.45) is 11.8 Å². The Morgan fingerprint density at radius 3 is 2.35 bits per heavy atom. The number of hydrazine groups is 1. The molecule has 0 aliphatic carbocycles. The van der Waals surface area contributed by atoms with Crippen molar-refractivity contribution in [1.29, 1.82) is 0 Å². The molecule has 0 unspecified atom stereocenters. The van der Waals surface area contributed by atoms with Crippen molar-refractivity contribution in [1.82, 2.24) is 10.9 Å². The number of amides is 1. The first-order valence-corrected chi connectivity index (χ1v) is 8.39. The van der Waals surface area contributed by atoms with Gasteiger partial charge in [-0.2, -0.15) is 0 Å². The third-order valence-electron chi connectivity index (χ3n) is 3.42. The Hall–Kier alpha value is -1.66. The van der Waals surface area contributed by atoms with Crippen LogP contribution in [-0.4, -0.2) is 22.2 Å². The molecule has 0 saturated heterocycles. The van der Waals surface area contributed by atoms with E-state index in [4.69, 9.17) is 12.2 Å². The highest BCUT2D eigenvalue weighted by molar-refractivity contribution is 7.80. The lowest BCUT2D eigenvalue weighted by Crippen LogP contribution is -2.46. The Labute approximate surface area is 143 Å². The lowest BCUT2D eigenvalue weighted by molar-refractivity contribution is -0.126. The molecular weight excluding hydrogens is 310 g/mol. The number of carbonyl (C=O) groups is 1. The predicted molar refractivity (Wildman–Crippen MR) is 97.8 cm³/mol. The van der Waals surface area contributed by atoms with E-state index in [2.05, 4.69) is 30.0 Å². The van der Waals surface area contributed by atoms with Crippen LogP contribution in [-0.2, 0) is 4.79 Å². The molecule has 4 N–H and O–H groups in total. The normalized spacial score (nSPS) is 13.3. The quantitative estimate of drug-likeness (QED) is 0.455. The van der Waals surface area contributed by atoms with E-state index in [-0.39, 0.29) is 11.8 Å². The largest absolute Gasteiger partial charge is 0.393 e. The smallest absolute Gasteiger partial charge is 0.241 e. The van der Waals surface area contributed by atoms with Gasteiger partial charge in [0.15, 0.2) is 5.11 Å². The minimum atomic E-state index is -0.507. The number of aliphatic hydroxyl groups excluding tert-OH is 1. The Kier molecular flexibility index (Phi) is 8.58. The number of nitrogens with one attached hydrogen (secondary N) is 3. The minimum absolute atomic E-state index is 0.149. The molecule has 0 bridgehead atoms. The van der Waals surface area contributed by atoms with Gasteiger partial charge in [-0.1, -0.05) is 38.5 Å². The average molecular weight is 337 g/mol. The van der Waals surface area contributed by atoms with Crippen LogP contribution in [0.25, 0.3) is 0 Å². The van der Waals surface area contributed by atoms with E-state index >= 15 is 0 Å². The second-order valence-corrected chi connectivity index (χ2v) is 6.60. The molecule has 128 valence electrons. The molecule has 1 aromatic rings. The molecule has 2 atom stereocenters. The molecular formula is C17H27N3O2S. The minimum Gasteiger partial charge on any atom is -0.393 e. The molecule has 1 aromatic carbocycles. The molecule has 0 aliphatic rings. The summed E-state index contributed by atoms with van der Waals surface area (Å²) in [6.07, 6.45) is 1.62. The van der Waals surface area contributed by atoms with Gasteiger partial charge in [0.2, 0.25) is 5.91 Å². The molecule has 0 spiro atoms. The second kappa shape index (κ2) is 10.2. The van der Waals surface area contributed by atoms with Gasteiger partial charge in [0.25, 0.3) is 0 Å². The molecule has 0 fully saturated rings. The summed E-state index contributed by atoms with van der Waals surface area (Å²) in [6, 6.07) is 9.48. The third-order valence-corrected chi connectivity index (χ3v) is 3.62. The standard InChI is InChI=1S/C17H27N3O2S/c1-12(2)9-10-14(11-13(3)21)16(22)19-20-17(23)18-15-7-5-4-6-8-15/h4-8,12-14,21H,9-11H2,1-3H3,(H,19,22)(H2,18,20,23)/t13-,14-/m0/s1. The van der Waals surface area contributed by atoms with Gasteiger partial charge in [-0.15, -0.1) is 0 Å². The Bertz CT molecular complexity index is 492. The van der Waals surface area contributed by atoms with E-state index < -0.39 is 6.10 Å². The first-order valence-electron chi connectivity index (χ1n) is 7.98. The summed E-state index contributed by atoms with van der Waals surface area (Å²) in [4.78, 5) is 12.3. The van der Waals surface area contributed by atoms with E-state index in [0.717, 1.165) is 18.5 Å². The molecule has 23 heavy (non-hydrogen) atoms. The highest BCUT2D eigenvalue weighted by Crippen LogP contribution is 2.17. The van der Waals surface area contributed by atoms with Crippen molar-refractivity contribution >= 4 is 28.9 Å². The lowest BCUT2D eigenvalue weighted by atomic mass is 9.92. The second-order valence-electron chi connectivity index (χ2n) is 6.19. The van der Waals surface area contributed by atoms with Crippen LogP contribution in [0.3, 0.4) is 0 Å². The maximum Gasteiger partial charge on any atom is 0.241 e. The summed E-state index contributed by atoms with van der Waals surface area (Å²) in [5, 5.41) is 12.9. The number of anilines is 1. The van der Waals surface area contributed by atoms with E-state index in [1.807, 2.05) is 30.3 Å². The average Bonchev–Trinajstić information content (AvgIpc) is 2.49. The van der Waals surface area contributed by atoms with Gasteiger partial charge in [-0.3, -0.25) is 15.6 Å². The molecule has 0 saturated carbocycles. The van der Waals surface area contributed by atoms with Crippen molar-refractivity contribution in [2.75, 3.05) is 5.32 Å². The van der Waals surface area contributed by atoms with Crippen LogP contribution >= 0.6 is 12.2 Å². The predicted octanol–water partition coefficient (Wildman–Crippen LogP) is 2.83. The monoisotopic (exact) mass is 337 g/mol. The first-order chi connectivity index (χ1) is 10.9. The van der Waals surface area contributed by atoms with Gasteiger partial charge in [-0.25, -0.2) is 0 Å². The van der Waals surface area contributed by atoms with Crippen molar-refractivity contribution < 1.29 is 9.90 Å². The van der Waals surface area contributed by atoms with Crippen molar-refractivity contribution in [3.63, 3.8) is 0 Å². The summed E-state index contributed by atoms with van der Waals surface area (Å²) >= 11 is 5.15. The molecule has 0 radical (unpaired) electrons. The number of hydrogen-bond donors (Lipinski definition) is 4. The maximum atomic E-state index is 12.3. The Balaban J connectivity index is 2.45. The van der Waals surface area contributed by atoms with E-state index in [1.54, 1.807) is 6.92 Å².